The van der Waals surface area contributed by atoms with Gasteiger partial charge in [-0.2, -0.15) is 0 Å². The fraction of sp³-hybridized carbons (Fsp3) is 0.318. The quantitative estimate of drug-likeness (QED) is 0.480. The minimum Gasteiger partial charge on any atom is -0.508 e. The maximum Gasteiger partial charge on any atom is 0.325 e. The second-order valence-corrected chi connectivity index (χ2v) is 8.10. The standard InChI is InChI=1S/C22H22N2O6/c1-10-7-13(8-11(2)18(10)26)17-15-16(20(28)23-19(15)27)22(24-17,21(29)30)9-12-3-5-14(25)6-4-12/h3-8,15-17,24-26H,9H2,1-2H3,(H,29,30)(H,23,27,28). The SMILES string of the molecule is Cc1cc(C2NC(Cc3ccc(O)cc3)(C(=O)O)C3C(=O)NC(=O)C23)cc(C)c1O. The lowest BCUT2D eigenvalue weighted by Crippen LogP contribution is -2.57. The predicted molar refractivity (Wildman–Crippen MR) is 106 cm³/mol. The Labute approximate surface area is 172 Å². The monoisotopic (exact) mass is 410 g/mol. The van der Waals surface area contributed by atoms with Crippen LogP contribution in [0.4, 0.5) is 0 Å². The van der Waals surface area contributed by atoms with E-state index in [1.807, 2.05) is 0 Å². The average Bonchev–Trinajstić information content (AvgIpc) is 3.18. The van der Waals surface area contributed by atoms with Crippen molar-refractivity contribution in [2.75, 3.05) is 0 Å². The Morgan fingerprint density at radius 2 is 1.63 bits per heavy atom. The molecule has 4 unspecified atom stereocenters. The first kappa shape index (κ1) is 19.9. The van der Waals surface area contributed by atoms with Gasteiger partial charge in [-0.1, -0.05) is 24.3 Å². The molecular formula is C22H22N2O6. The Kier molecular flexibility index (Phi) is 4.54. The van der Waals surface area contributed by atoms with Gasteiger partial charge in [-0.25, -0.2) is 0 Å². The summed E-state index contributed by atoms with van der Waals surface area (Å²) in [5.41, 5.74) is 0.727. The molecule has 4 rings (SSSR count). The summed E-state index contributed by atoms with van der Waals surface area (Å²) < 4.78 is 0. The number of amides is 2. The van der Waals surface area contributed by atoms with Gasteiger partial charge >= 0.3 is 5.97 Å². The topological polar surface area (TPSA) is 136 Å². The van der Waals surface area contributed by atoms with E-state index in [0.29, 0.717) is 22.3 Å². The highest BCUT2D eigenvalue weighted by atomic mass is 16.4. The number of fused-ring (bicyclic) bond motifs is 1. The number of aryl methyl sites for hydroxylation is 2. The molecule has 2 aliphatic rings. The molecule has 0 bridgehead atoms. The van der Waals surface area contributed by atoms with Crippen molar-refractivity contribution < 1.29 is 29.7 Å². The first-order valence-electron chi connectivity index (χ1n) is 9.58. The molecule has 2 heterocycles. The molecule has 2 fully saturated rings. The van der Waals surface area contributed by atoms with Crippen molar-refractivity contribution in [1.82, 2.24) is 10.6 Å². The molecule has 2 amide bonds. The first-order valence-corrected chi connectivity index (χ1v) is 9.58. The molecule has 2 saturated heterocycles. The number of nitrogens with one attached hydrogen (secondary N) is 2. The molecule has 8 heteroatoms. The number of aliphatic carboxylic acids is 1. The third-order valence-corrected chi connectivity index (χ3v) is 6.17. The van der Waals surface area contributed by atoms with Gasteiger partial charge in [0.25, 0.3) is 0 Å². The highest BCUT2D eigenvalue weighted by molar-refractivity contribution is 6.09. The zero-order chi connectivity index (χ0) is 21.8. The number of rotatable bonds is 4. The highest BCUT2D eigenvalue weighted by Crippen LogP contribution is 2.48. The van der Waals surface area contributed by atoms with E-state index in [0.717, 1.165) is 0 Å². The lowest BCUT2D eigenvalue weighted by Gasteiger charge is -2.30. The molecule has 8 nitrogen and oxygen atoms in total. The van der Waals surface area contributed by atoms with Crippen LogP contribution in [-0.4, -0.2) is 38.6 Å². The molecule has 2 aromatic carbocycles. The maximum atomic E-state index is 12.7. The van der Waals surface area contributed by atoms with Crippen molar-refractivity contribution in [1.29, 1.82) is 0 Å². The summed E-state index contributed by atoms with van der Waals surface area (Å²) in [7, 11) is 0. The van der Waals surface area contributed by atoms with Crippen molar-refractivity contribution in [3.05, 3.63) is 58.7 Å². The average molecular weight is 410 g/mol. The predicted octanol–water partition coefficient (Wildman–Crippen LogP) is 1.31. The van der Waals surface area contributed by atoms with E-state index in [1.165, 1.54) is 12.1 Å². The van der Waals surface area contributed by atoms with Crippen LogP contribution in [0.2, 0.25) is 0 Å². The number of hydrogen-bond acceptors (Lipinski definition) is 6. The van der Waals surface area contributed by atoms with Gasteiger partial charge in [0, 0.05) is 12.5 Å². The van der Waals surface area contributed by atoms with Gasteiger partial charge < -0.3 is 15.3 Å². The zero-order valence-electron chi connectivity index (χ0n) is 16.5. The van der Waals surface area contributed by atoms with E-state index in [9.17, 15) is 29.7 Å². The minimum atomic E-state index is -1.71. The van der Waals surface area contributed by atoms with E-state index in [4.69, 9.17) is 0 Å². The number of phenolic OH excluding ortho intramolecular Hbond substituents is 2. The van der Waals surface area contributed by atoms with Gasteiger partial charge in [0.15, 0.2) is 0 Å². The van der Waals surface area contributed by atoms with Crippen molar-refractivity contribution in [3.63, 3.8) is 0 Å². The minimum absolute atomic E-state index is 0.0436. The molecule has 0 aromatic heterocycles. The van der Waals surface area contributed by atoms with E-state index >= 15 is 0 Å². The van der Waals surface area contributed by atoms with Crippen LogP contribution in [0.25, 0.3) is 0 Å². The second-order valence-electron chi connectivity index (χ2n) is 8.10. The second kappa shape index (κ2) is 6.84. The molecule has 0 saturated carbocycles. The lowest BCUT2D eigenvalue weighted by molar-refractivity contribution is -0.149. The summed E-state index contributed by atoms with van der Waals surface area (Å²) in [4.78, 5) is 37.8. The summed E-state index contributed by atoms with van der Waals surface area (Å²) in [6.07, 6.45) is -0.0446. The number of carbonyl (C=O) groups is 3. The van der Waals surface area contributed by atoms with Gasteiger partial charge in [-0.05, 0) is 48.2 Å². The van der Waals surface area contributed by atoms with Crippen LogP contribution in [0, 0.1) is 25.7 Å². The number of benzene rings is 2. The van der Waals surface area contributed by atoms with Crippen LogP contribution in [0.1, 0.15) is 28.3 Å². The summed E-state index contributed by atoms with van der Waals surface area (Å²) in [6.45, 7) is 3.44. The Hall–Kier alpha value is -3.39. The number of carbonyl (C=O) groups excluding carboxylic acids is 2. The molecule has 0 radical (unpaired) electrons. The zero-order valence-corrected chi connectivity index (χ0v) is 16.5. The Morgan fingerprint density at radius 3 is 2.20 bits per heavy atom. The first-order chi connectivity index (χ1) is 14.1. The Morgan fingerprint density at radius 1 is 1.03 bits per heavy atom. The molecular weight excluding hydrogens is 388 g/mol. The normalized spacial score (nSPS) is 27.7. The maximum absolute atomic E-state index is 12.7. The number of aromatic hydroxyl groups is 2. The molecule has 4 atom stereocenters. The Balaban J connectivity index is 1.83. The van der Waals surface area contributed by atoms with Crippen LogP contribution in [-0.2, 0) is 20.8 Å². The van der Waals surface area contributed by atoms with Gasteiger partial charge in [-0.15, -0.1) is 0 Å². The van der Waals surface area contributed by atoms with Crippen molar-refractivity contribution in [2.24, 2.45) is 11.8 Å². The van der Waals surface area contributed by atoms with Gasteiger partial charge in [0.05, 0.1) is 11.8 Å². The number of hydrogen-bond donors (Lipinski definition) is 5. The van der Waals surface area contributed by atoms with Crippen molar-refractivity contribution in [3.8, 4) is 11.5 Å². The van der Waals surface area contributed by atoms with Crippen LogP contribution >= 0.6 is 0 Å². The third kappa shape index (κ3) is 2.91. The summed E-state index contributed by atoms with van der Waals surface area (Å²) >= 11 is 0. The smallest absolute Gasteiger partial charge is 0.325 e. The number of imide groups is 1. The van der Waals surface area contributed by atoms with Gasteiger partial charge in [0.1, 0.15) is 17.0 Å². The third-order valence-electron chi connectivity index (χ3n) is 6.17. The van der Waals surface area contributed by atoms with Crippen molar-refractivity contribution >= 4 is 17.8 Å². The molecule has 156 valence electrons. The van der Waals surface area contributed by atoms with Crippen molar-refractivity contribution in [2.45, 2.75) is 31.8 Å². The summed E-state index contributed by atoms with van der Waals surface area (Å²) in [6, 6.07) is 8.76. The van der Waals surface area contributed by atoms with Gasteiger partial charge in [-0.3, -0.25) is 25.0 Å². The summed E-state index contributed by atoms with van der Waals surface area (Å²) in [5, 5.41) is 35.2. The molecule has 0 aliphatic carbocycles. The Bertz CT molecular complexity index is 1040. The number of phenols is 2. The van der Waals surface area contributed by atoms with E-state index in [-0.39, 0.29) is 17.9 Å². The molecule has 30 heavy (non-hydrogen) atoms. The largest absolute Gasteiger partial charge is 0.508 e. The molecule has 5 N–H and O–H groups in total. The fourth-order valence-corrected chi connectivity index (χ4v) is 4.75. The van der Waals surface area contributed by atoms with E-state index in [2.05, 4.69) is 10.6 Å². The van der Waals surface area contributed by atoms with Crippen LogP contribution in [0.15, 0.2) is 36.4 Å². The highest BCUT2D eigenvalue weighted by Gasteiger charge is 2.66. The van der Waals surface area contributed by atoms with E-state index in [1.54, 1.807) is 38.1 Å². The van der Waals surface area contributed by atoms with Crippen LogP contribution < -0.4 is 10.6 Å². The van der Waals surface area contributed by atoms with E-state index < -0.39 is 41.2 Å². The number of carboxylic acids is 1. The van der Waals surface area contributed by atoms with Crippen LogP contribution in [0.5, 0.6) is 11.5 Å². The van der Waals surface area contributed by atoms with Gasteiger partial charge in [0.2, 0.25) is 11.8 Å². The lowest BCUT2D eigenvalue weighted by atomic mass is 9.76. The fourth-order valence-electron chi connectivity index (χ4n) is 4.75. The molecule has 0 spiro atoms. The molecule has 2 aromatic rings. The molecule has 2 aliphatic heterocycles. The number of carboxylic acid groups (broad SMARTS) is 1. The van der Waals surface area contributed by atoms with Crippen LogP contribution in [0.3, 0.4) is 0 Å². The summed E-state index contributed by atoms with van der Waals surface area (Å²) in [5.74, 6) is -4.18.